The van der Waals surface area contributed by atoms with Crippen molar-refractivity contribution in [3.8, 4) is 0 Å². The quantitative estimate of drug-likeness (QED) is 0.851. The van der Waals surface area contributed by atoms with E-state index in [0.29, 0.717) is 12.1 Å². The third-order valence-corrected chi connectivity index (χ3v) is 4.72. The van der Waals surface area contributed by atoms with Gasteiger partial charge in [0.05, 0.1) is 4.90 Å². The van der Waals surface area contributed by atoms with Gasteiger partial charge in [-0.2, -0.15) is 0 Å². The maximum atomic E-state index is 13.2. The fourth-order valence-electron chi connectivity index (χ4n) is 1.92. The highest BCUT2D eigenvalue weighted by Crippen LogP contribution is 2.23. The molecule has 0 bridgehead atoms. The van der Waals surface area contributed by atoms with Crippen molar-refractivity contribution in [3.05, 3.63) is 29.6 Å². The van der Waals surface area contributed by atoms with E-state index in [-0.39, 0.29) is 10.9 Å². The Balaban J connectivity index is 2.31. The van der Waals surface area contributed by atoms with Crippen molar-refractivity contribution in [2.45, 2.75) is 36.7 Å². The van der Waals surface area contributed by atoms with E-state index < -0.39 is 15.8 Å². The Morgan fingerprint density at radius 2 is 2.11 bits per heavy atom. The second kappa shape index (κ2) is 5.34. The zero-order valence-corrected chi connectivity index (χ0v) is 11.1. The Morgan fingerprint density at radius 3 is 2.67 bits per heavy atom. The number of rotatable bonds is 5. The summed E-state index contributed by atoms with van der Waals surface area (Å²) < 4.78 is 40.2. The van der Waals surface area contributed by atoms with Crippen molar-refractivity contribution < 1.29 is 12.8 Å². The average Bonchev–Trinajstić information content (AvgIpc) is 2.27. The van der Waals surface area contributed by atoms with Crippen LogP contribution in [0.5, 0.6) is 0 Å². The molecule has 1 aromatic rings. The Morgan fingerprint density at radius 1 is 1.39 bits per heavy atom. The first-order chi connectivity index (χ1) is 8.53. The molecule has 0 spiro atoms. The fraction of sp³-hybridized carbons (Fsp3) is 0.500. The third kappa shape index (κ3) is 2.88. The maximum absolute atomic E-state index is 13.2. The average molecular weight is 272 g/mol. The summed E-state index contributed by atoms with van der Waals surface area (Å²) in [5.41, 5.74) is 0.575. The molecule has 1 saturated carbocycles. The monoisotopic (exact) mass is 272 g/mol. The van der Waals surface area contributed by atoms with Crippen LogP contribution in [0.25, 0.3) is 0 Å². The molecule has 1 aromatic carbocycles. The molecule has 1 fully saturated rings. The number of nitrogens with one attached hydrogen (secondary N) is 2. The van der Waals surface area contributed by atoms with Crippen molar-refractivity contribution >= 4 is 10.0 Å². The second-order valence-corrected chi connectivity index (χ2v) is 6.21. The second-order valence-electron chi connectivity index (χ2n) is 4.53. The van der Waals surface area contributed by atoms with Crippen LogP contribution in [0.1, 0.15) is 24.8 Å². The molecular formula is C12H17FN2O2S. The van der Waals surface area contributed by atoms with Crippen LogP contribution >= 0.6 is 0 Å². The summed E-state index contributed by atoms with van der Waals surface area (Å²) in [6.07, 6.45) is 2.76. The van der Waals surface area contributed by atoms with Gasteiger partial charge < -0.3 is 5.32 Å². The Bertz CT molecular complexity index is 527. The van der Waals surface area contributed by atoms with E-state index in [9.17, 15) is 12.8 Å². The van der Waals surface area contributed by atoms with E-state index in [1.165, 1.54) is 12.1 Å². The predicted octanol–water partition coefficient (Wildman–Crippen LogP) is 1.38. The first-order valence-corrected chi connectivity index (χ1v) is 7.46. The minimum absolute atomic E-state index is 0.000651. The maximum Gasteiger partial charge on any atom is 0.241 e. The summed E-state index contributed by atoms with van der Waals surface area (Å²) in [6, 6.07) is 3.85. The molecule has 2 rings (SSSR count). The highest BCUT2D eigenvalue weighted by atomic mass is 32.2. The zero-order chi connectivity index (χ0) is 13.2. The van der Waals surface area contributed by atoms with E-state index in [0.717, 1.165) is 25.3 Å². The molecule has 0 aliphatic heterocycles. The highest BCUT2D eigenvalue weighted by Gasteiger charge is 2.26. The molecule has 0 amide bonds. The fourth-order valence-corrected chi connectivity index (χ4v) is 3.48. The van der Waals surface area contributed by atoms with E-state index in [4.69, 9.17) is 0 Å². The first kappa shape index (κ1) is 13.5. The molecular weight excluding hydrogens is 255 g/mol. The van der Waals surface area contributed by atoms with Crippen molar-refractivity contribution in [3.63, 3.8) is 0 Å². The molecule has 0 heterocycles. The lowest BCUT2D eigenvalue weighted by Gasteiger charge is -2.26. The van der Waals surface area contributed by atoms with Crippen LogP contribution in [0.3, 0.4) is 0 Å². The summed E-state index contributed by atoms with van der Waals surface area (Å²) in [4.78, 5) is 0.0312. The van der Waals surface area contributed by atoms with Gasteiger partial charge in [-0.05, 0) is 37.6 Å². The predicted molar refractivity (Wildman–Crippen MR) is 67.1 cm³/mol. The van der Waals surface area contributed by atoms with Crippen LogP contribution in [0, 0.1) is 5.82 Å². The topological polar surface area (TPSA) is 58.2 Å². The molecule has 2 N–H and O–H groups in total. The Kier molecular flexibility index (Phi) is 3.99. The van der Waals surface area contributed by atoms with Gasteiger partial charge in [-0.3, -0.25) is 0 Å². The Hall–Kier alpha value is -0.980. The molecule has 4 nitrogen and oxygen atoms in total. The molecule has 6 heteroatoms. The van der Waals surface area contributed by atoms with Crippen LogP contribution in [-0.2, 0) is 16.6 Å². The number of hydrogen-bond acceptors (Lipinski definition) is 3. The van der Waals surface area contributed by atoms with Crippen LogP contribution < -0.4 is 10.0 Å². The lowest BCUT2D eigenvalue weighted by molar-refractivity contribution is 0.383. The molecule has 0 radical (unpaired) electrons. The van der Waals surface area contributed by atoms with Crippen molar-refractivity contribution in [1.29, 1.82) is 0 Å². The van der Waals surface area contributed by atoms with Crippen LogP contribution in [0.2, 0.25) is 0 Å². The highest BCUT2D eigenvalue weighted by molar-refractivity contribution is 7.89. The van der Waals surface area contributed by atoms with Crippen molar-refractivity contribution in [1.82, 2.24) is 10.0 Å². The molecule has 1 aliphatic rings. The lowest BCUT2D eigenvalue weighted by atomic mass is 9.94. The largest absolute Gasteiger partial charge is 0.316 e. The van der Waals surface area contributed by atoms with Crippen LogP contribution in [0.15, 0.2) is 23.1 Å². The van der Waals surface area contributed by atoms with Gasteiger partial charge >= 0.3 is 0 Å². The van der Waals surface area contributed by atoms with E-state index in [1.54, 1.807) is 7.05 Å². The third-order valence-electron chi connectivity index (χ3n) is 3.11. The van der Waals surface area contributed by atoms with Crippen molar-refractivity contribution in [2.75, 3.05) is 7.05 Å². The van der Waals surface area contributed by atoms with E-state index in [2.05, 4.69) is 10.0 Å². The minimum Gasteiger partial charge on any atom is -0.316 e. The number of hydrogen-bond donors (Lipinski definition) is 2. The smallest absolute Gasteiger partial charge is 0.241 e. The summed E-state index contributed by atoms with van der Waals surface area (Å²) in [5, 5.41) is 2.88. The molecule has 1 aliphatic carbocycles. The van der Waals surface area contributed by atoms with E-state index >= 15 is 0 Å². The molecule has 100 valence electrons. The van der Waals surface area contributed by atoms with Crippen LogP contribution in [-0.4, -0.2) is 21.5 Å². The van der Waals surface area contributed by atoms with Gasteiger partial charge in [-0.25, -0.2) is 17.5 Å². The molecule has 0 aromatic heterocycles. The summed E-state index contributed by atoms with van der Waals surface area (Å²) >= 11 is 0. The molecule has 18 heavy (non-hydrogen) atoms. The van der Waals surface area contributed by atoms with Crippen molar-refractivity contribution in [2.24, 2.45) is 0 Å². The van der Waals surface area contributed by atoms with Gasteiger partial charge in [-0.1, -0.05) is 12.5 Å². The SMILES string of the molecule is CNCc1ccc(F)cc1S(=O)(=O)NC1CCC1. The van der Waals surface area contributed by atoms with Gasteiger partial charge in [0.25, 0.3) is 0 Å². The lowest BCUT2D eigenvalue weighted by Crippen LogP contribution is -2.39. The van der Waals surface area contributed by atoms with Crippen LogP contribution in [0.4, 0.5) is 4.39 Å². The number of halogens is 1. The summed E-state index contributed by atoms with van der Waals surface area (Å²) in [7, 11) is -1.90. The van der Waals surface area contributed by atoms with Gasteiger partial charge in [0.1, 0.15) is 5.82 Å². The van der Waals surface area contributed by atoms with Gasteiger partial charge in [0.2, 0.25) is 10.0 Å². The van der Waals surface area contributed by atoms with Gasteiger partial charge in [0.15, 0.2) is 0 Å². The van der Waals surface area contributed by atoms with Gasteiger partial charge in [-0.15, -0.1) is 0 Å². The minimum atomic E-state index is -3.63. The Labute approximate surface area is 107 Å². The number of benzene rings is 1. The first-order valence-electron chi connectivity index (χ1n) is 5.98. The summed E-state index contributed by atoms with van der Waals surface area (Å²) in [5.74, 6) is -0.538. The van der Waals surface area contributed by atoms with E-state index in [1.807, 2.05) is 0 Å². The van der Waals surface area contributed by atoms with Gasteiger partial charge in [0, 0.05) is 12.6 Å². The summed E-state index contributed by atoms with van der Waals surface area (Å²) in [6.45, 7) is 0.390. The standard InChI is InChI=1S/C12H17FN2O2S/c1-14-8-9-5-6-10(13)7-12(9)18(16,17)15-11-3-2-4-11/h5-7,11,14-15H,2-4,8H2,1H3. The normalized spacial score (nSPS) is 16.6. The molecule has 0 atom stereocenters. The zero-order valence-electron chi connectivity index (χ0n) is 10.2. The molecule has 0 saturated heterocycles. The molecule has 0 unspecified atom stereocenters. The number of sulfonamides is 1.